The largest absolute Gasteiger partial charge is 0.120 e. The van der Waals surface area contributed by atoms with E-state index in [9.17, 15) is 0 Å². The Morgan fingerprint density at radius 1 is 1.08 bits per heavy atom. The van der Waals surface area contributed by atoms with Gasteiger partial charge in [-0.05, 0) is 5.04 Å². The molecule has 0 amide bonds. The molecule has 0 unspecified atom stereocenters. The Morgan fingerprint density at radius 3 is 1.69 bits per heavy atom. The molecule has 0 saturated heterocycles. The second kappa shape index (κ2) is 3.63. The summed E-state index contributed by atoms with van der Waals surface area (Å²) >= 11 is 0. The van der Waals surface area contributed by atoms with Crippen molar-refractivity contribution >= 4 is 16.6 Å². The monoisotopic (exact) mass is 210 g/mol. The molecule has 0 spiro atoms. The third-order valence-corrected chi connectivity index (χ3v) is 14.0. The molecular formula is C11H22Si2. The summed E-state index contributed by atoms with van der Waals surface area (Å²) in [6.45, 7) is 16.3. The van der Waals surface area contributed by atoms with E-state index in [1.165, 1.54) is 0 Å². The molecule has 0 heterocycles. The fourth-order valence-corrected chi connectivity index (χ4v) is 9.04. The van der Waals surface area contributed by atoms with Gasteiger partial charge in [0.05, 0.1) is 9.04 Å². The molecule has 0 bridgehead atoms. The molecule has 0 N–H and O–H groups in total. The first-order chi connectivity index (χ1) is 5.52. The van der Waals surface area contributed by atoms with Crippen LogP contribution >= 0.6 is 0 Å². The minimum atomic E-state index is -1.18. The van der Waals surface area contributed by atoms with Gasteiger partial charge in [-0.2, -0.15) is 0 Å². The van der Waals surface area contributed by atoms with Gasteiger partial charge in [-0.1, -0.05) is 47.7 Å². The Bertz CT molecular complexity index is 213. The van der Waals surface area contributed by atoms with Gasteiger partial charge < -0.3 is 0 Å². The van der Waals surface area contributed by atoms with Crippen molar-refractivity contribution in [3.8, 4) is 12.3 Å². The van der Waals surface area contributed by atoms with Gasteiger partial charge in [-0.25, -0.2) is 0 Å². The van der Waals surface area contributed by atoms with E-state index in [2.05, 4.69) is 53.6 Å². The highest BCUT2D eigenvalue weighted by Crippen LogP contribution is 2.39. The molecule has 0 aromatic heterocycles. The molecule has 0 nitrogen and oxygen atoms in total. The Hall–Kier alpha value is -0.00623. The summed E-state index contributed by atoms with van der Waals surface area (Å²) in [5.74, 6) is 2.92. The molecule has 2 heteroatoms. The van der Waals surface area contributed by atoms with Crippen molar-refractivity contribution in [2.45, 2.75) is 57.8 Å². The zero-order valence-electron chi connectivity index (χ0n) is 10.1. The molecule has 74 valence electrons. The number of hydrogen-bond acceptors (Lipinski definition) is 0. The van der Waals surface area contributed by atoms with Crippen molar-refractivity contribution in [2.24, 2.45) is 0 Å². The van der Waals surface area contributed by atoms with Crippen LogP contribution in [0.25, 0.3) is 0 Å². The van der Waals surface area contributed by atoms with Gasteiger partial charge in [0.15, 0.2) is 0 Å². The highest BCUT2D eigenvalue weighted by atomic mass is 29.2. The molecule has 0 fully saturated rings. The van der Waals surface area contributed by atoms with Crippen LogP contribution in [-0.4, -0.2) is 16.6 Å². The van der Waals surface area contributed by atoms with Crippen LogP contribution in [0.1, 0.15) is 34.6 Å². The van der Waals surface area contributed by atoms with E-state index >= 15 is 0 Å². The topological polar surface area (TPSA) is 0 Å². The lowest BCUT2D eigenvalue weighted by Gasteiger charge is -2.40. The summed E-state index contributed by atoms with van der Waals surface area (Å²) in [7, 11) is -0.236. The summed E-state index contributed by atoms with van der Waals surface area (Å²) in [5.41, 5.74) is 0. The van der Waals surface area contributed by atoms with Crippen molar-refractivity contribution in [3.05, 3.63) is 0 Å². The summed E-state index contributed by atoms with van der Waals surface area (Å²) in [4.78, 5) is 0. The molecule has 13 heavy (non-hydrogen) atoms. The second-order valence-electron chi connectivity index (χ2n) is 5.77. The van der Waals surface area contributed by atoms with Crippen molar-refractivity contribution in [1.29, 1.82) is 0 Å². The Balaban J connectivity index is 4.64. The smallest absolute Gasteiger partial charge is 0.0532 e. The first-order valence-corrected chi connectivity index (χ1v) is 9.79. The first kappa shape index (κ1) is 13.0. The Kier molecular flexibility index (Phi) is 3.62. The Morgan fingerprint density at radius 2 is 1.46 bits per heavy atom. The zero-order valence-corrected chi connectivity index (χ0v) is 12.1. The van der Waals surface area contributed by atoms with Gasteiger partial charge in [0.2, 0.25) is 0 Å². The van der Waals surface area contributed by atoms with Gasteiger partial charge in [-0.15, -0.1) is 12.3 Å². The summed E-state index contributed by atoms with van der Waals surface area (Å²) in [6.07, 6.45) is 5.54. The lowest BCUT2D eigenvalue weighted by atomic mass is 10.2. The molecule has 0 aliphatic carbocycles. The molecule has 0 rings (SSSR count). The summed E-state index contributed by atoms with van der Waals surface area (Å²) in [6, 6.07) is 0. The number of hydrogen-bond donors (Lipinski definition) is 0. The van der Waals surface area contributed by atoms with E-state index in [1.807, 2.05) is 0 Å². The molecule has 0 aliphatic rings. The zero-order chi connectivity index (χ0) is 10.9. The fourth-order valence-electron chi connectivity index (χ4n) is 1.00. The van der Waals surface area contributed by atoms with E-state index < -0.39 is 7.59 Å². The third kappa shape index (κ3) is 3.70. The summed E-state index contributed by atoms with van der Waals surface area (Å²) in [5, 5.41) is 0.558. The fraction of sp³-hybridized carbons (Fsp3) is 0.818. The molecule has 0 aromatic carbocycles. The molecule has 0 aliphatic heterocycles. The van der Waals surface area contributed by atoms with E-state index in [1.54, 1.807) is 0 Å². The van der Waals surface area contributed by atoms with Gasteiger partial charge in [0.1, 0.15) is 0 Å². The van der Waals surface area contributed by atoms with E-state index in [0.29, 0.717) is 5.04 Å². The summed E-state index contributed by atoms with van der Waals surface area (Å²) < 4.78 is 0. The molecular weight excluding hydrogens is 188 g/mol. The minimum absolute atomic E-state index is 0.100. The average Bonchev–Trinajstić information content (AvgIpc) is 1.83. The SMILES string of the molecule is C#CC(C)(C)[Si][Si](C)(C)C(C)(C)C. The van der Waals surface area contributed by atoms with Gasteiger partial charge in [-0.3, -0.25) is 0 Å². The minimum Gasteiger partial charge on any atom is -0.120 e. The van der Waals surface area contributed by atoms with Gasteiger partial charge >= 0.3 is 0 Å². The molecule has 0 atom stereocenters. The average molecular weight is 210 g/mol. The third-order valence-electron chi connectivity index (χ3n) is 2.86. The highest BCUT2D eigenvalue weighted by molar-refractivity contribution is 7.26. The predicted octanol–water partition coefficient (Wildman–Crippen LogP) is 3.53. The van der Waals surface area contributed by atoms with Crippen LogP contribution in [0.2, 0.25) is 23.2 Å². The second-order valence-corrected chi connectivity index (χ2v) is 16.5. The van der Waals surface area contributed by atoms with Crippen LogP contribution < -0.4 is 0 Å². The van der Waals surface area contributed by atoms with Crippen LogP contribution in [0.5, 0.6) is 0 Å². The van der Waals surface area contributed by atoms with E-state index in [-0.39, 0.29) is 5.04 Å². The van der Waals surface area contributed by atoms with Crippen LogP contribution in [0.4, 0.5) is 0 Å². The quantitative estimate of drug-likeness (QED) is 0.483. The maximum Gasteiger partial charge on any atom is 0.0532 e. The maximum atomic E-state index is 5.54. The normalized spacial score (nSPS) is 14.0. The van der Waals surface area contributed by atoms with Crippen molar-refractivity contribution in [1.82, 2.24) is 0 Å². The highest BCUT2D eigenvalue weighted by Gasteiger charge is 2.39. The van der Waals surface area contributed by atoms with Gasteiger partial charge in [0.25, 0.3) is 0 Å². The number of terminal acetylenes is 1. The van der Waals surface area contributed by atoms with Crippen molar-refractivity contribution < 1.29 is 0 Å². The van der Waals surface area contributed by atoms with Crippen LogP contribution in [0, 0.1) is 12.3 Å². The van der Waals surface area contributed by atoms with Gasteiger partial charge in [0, 0.05) is 12.6 Å². The van der Waals surface area contributed by atoms with E-state index in [0.717, 1.165) is 9.04 Å². The van der Waals surface area contributed by atoms with Crippen LogP contribution in [-0.2, 0) is 0 Å². The maximum absolute atomic E-state index is 5.54. The van der Waals surface area contributed by atoms with E-state index in [4.69, 9.17) is 6.42 Å². The van der Waals surface area contributed by atoms with Crippen molar-refractivity contribution in [3.63, 3.8) is 0 Å². The van der Waals surface area contributed by atoms with Crippen LogP contribution in [0.15, 0.2) is 0 Å². The molecule has 0 aromatic rings. The first-order valence-electron chi connectivity index (χ1n) is 4.79. The molecule has 0 saturated carbocycles. The van der Waals surface area contributed by atoms with Crippen molar-refractivity contribution in [2.75, 3.05) is 0 Å². The standard InChI is InChI=1S/C11H22Si2/c1-9-11(5,6)12-13(7,8)10(2,3)4/h1H,2-8H3. The Labute approximate surface area is 87.1 Å². The predicted molar refractivity (Wildman–Crippen MR) is 65.8 cm³/mol. The number of rotatable bonds is 2. The lowest BCUT2D eigenvalue weighted by Crippen LogP contribution is -2.47. The lowest BCUT2D eigenvalue weighted by molar-refractivity contribution is 0.731. The molecule has 2 radical (unpaired) electrons. The van der Waals surface area contributed by atoms with Crippen LogP contribution in [0.3, 0.4) is 0 Å².